The normalized spacial score (nSPS) is 11.9. The minimum absolute atomic E-state index is 0.0652. The van der Waals surface area contributed by atoms with Gasteiger partial charge >= 0.3 is 5.97 Å². The highest BCUT2D eigenvalue weighted by molar-refractivity contribution is 7.99. The van der Waals surface area contributed by atoms with Gasteiger partial charge in [-0.15, -0.1) is 0 Å². The Kier molecular flexibility index (Phi) is 7.90. The van der Waals surface area contributed by atoms with Crippen molar-refractivity contribution in [2.75, 3.05) is 24.6 Å². The second-order valence-electron chi connectivity index (χ2n) is 6.70. The molecule has 0 aliphatic heterocycles. The van der Waals surface area contributed by atoms with Crippen molar-refractivity contribution in [3.05, 3.63) is 29.6 Å². The first-order chi connectivity index (χ1) is 10.3. The van der Waals surface area contributed by atoms with Crippen molar-refractivity contribution >= 4 is 17.7 Å². The van der Waals surface area contributed by atoms with Crippen LogP contribution in [0.4, 0.5) is 0 Å². The zero-order chi connectivity index (χ0) is 16.6. The SMILES string of the molecule is CCSCCN(CC(=O)O)Cc1ccc(CC(C)(C)C)cn1. The Labute approximate surface area is 138 Å². The molecule has 0 unspecified atom stereocenters. The lowest BCUT2D eigenvalue weighted by atomic mass is 9.89. The van der Waals surface area contributed by atoms with Crippen LogP contribution in [0.5, 0.6) is 0 Å². The van der Waals surface area contributed by atoms with Crippen molar-refractivity contribution < 1.29 is 9.90 Å². The van der Waals surface area contributed by atoms with Gasteiger partial charge < -0.3 is 5.11 Å². The van der Waals surface area contributed by atoms with Crippen LogP contribution in [-0.4, -0.2) is 45.6 Å². The smallest absolute Gasteiger partial charge is 0.317 e. The molecule has 1 rings (SSSR count). The van der Waals surface area contributed by atoms with Crippen LogP contribution in [0.15, 0.2) is 18.3 Å². The first-order valence-electron chi connectivity index (χ1n) is 7.76. The van der Waals surface area contributed by atoms with Crippen molar-refractivity contribution in [3.8, 4) is 0 Å². The Morgan fingerprint density at radius 2 is 2.09 bits per heavy atom. The number of hydrogen-bond acceptors (Lipinski definition) is 4. The van der Waals surface area contributed by atoms with Gasteiger partial charge in [0, 0.05) is 25.0 Å². The molecule has 0 spiro atoms. The number of carbonyl (C=O) groups is 1. The highest BCUT2D eigenvalue weighted by Crippen LogP contribution is 2.20. The number of aliphatic carboxylic acids is 1. The molecule has 0 aromatic carbocycles. The molecule has 5 heteroatoms. The molecule has 0 saturated heterocycles. The van der Waals surface area contributed by atoms with Crippen LogP contribution in [-0.2, 0) is 17.8 Å². The molecule has 0 fully saturated rings. The number of thioether (sulfide) groups is 1. The maximum Gasteiger partial charge on any atom is 0.317 e. The Morgan fingerprint density at radius 3 is 2.59 bits per heavy atom. The fourth-order valence-corrected chi connectivity index (χ4v) is 2.91. The molecular formula is C17H28N2O2S. The second kappa shape index (κ2) is 9.16. The topological polar surface area (TPSA) is 53.4 Å². The third kappa shape index (κ3) is 8.39. The summed E-state index contributed by atoms with van der Waals surface area (Å²) < 4.78 is 0. The summed E-state index contributed by atoms with van der Waals surface area (Å²) in [4.78, 5) is 17.4. The predicted molar refractivity (Wildman–Crippen MR) is 93.3 cm³/mol. The lowest BCUT2D eigenvalue weighted by Gasteiger charge is -2.20. The van der Waals surface area contributed by atoms with Crippen LogP contribution < -0.4 is 0 Å². The van der Waals surface area contributed by atoms with Gasteiger partial charge in [0.2, 0.25) is 0 Å². The summed E-state index contributed by atoms with van der Waals surface area (Å²) >= 11 is 1.83. The molecule has 1 heterocycles. The van der Waals surface area contributed by atoms with Crippen LogP contribution in [0, 0.1) is 5.41 Å². The number of hydrogen-bond donors (Lipinski definition) is 1. The number of nitrogens with zero attached hydrogens (tertiary/aromatic N) is 2. The average Bonchev–Trinajstić information content (AvgIpc) is 2.39. The first kappa shape index (κ1) is 19.0. The van der Waals surface area contributed by atoms with E-state index in [1.165, 1.54) is 5.56 Å². The number of rotatable bonds is 9. The van der Waals surface area contributed by atoms with E-state index in [1.807, 2.05) is 28.9 Å². The van der Waals surface area contributed by atoms with Gasteiger partial charge in [0.25, 0.3) is 0 Å². The Bertz CT molecular complexity index is 455. The fraction of sp³-hybridized carbons (Fsp3) is 0.647. The summed E-state index contributed by atoms with van der Waals surface area (Å²) in [7, 11) is 0. The third-order valence-electron chi connectivity index (χ3n) is 3.12. The van der Waals surface area contributed by atoms with Gasteiger partial charge in [0.15, 0.2) is 0 Å². The van der Waals surface area contributed by atoms with Crippen molar-refractivity contribution in [2.45, 2.75) is 40.7 Å². The van der Waals surface area contributed by atoms with E-state index in [2.05, 4.69) is 38.7 Å². The zero-order valence-electron chi connectivity index (χ0n) is 14.1. The lowest BCUT2D eigenvalue weighted by Crippen LogP contribution is -2.31. The number of aromatic nitrogens is 1. The minimum atomic E-state index is -0.786. The molecule has 22 heavy (non-hydrogen) atoms. The highest BCUT2D eigenvalue weighted by atomic mass is 32.2. The number of carboxylic acids is 1. The maximum atomic E-state index is 11.0. The van der Waals surface area contributed by atoms with Gasteiger partial charge in [0.05, 0.1) is 12.2 Å². The van der Waals surface area contributed by atoms with E-state index in [1.54, 1.807) is 0 Å². The first-order valence-corrected chi connectivity index (χ1v) is 8.91. The molecule has 0 bridgehead atoms. The van der Waals surface area contributed by atoms with Crippen LogP contribution in [0.3, 0.4) is 0 Å². The molecule has 1 aromatic rings. The molecule has 0 amide bonds. The molecular weight excluding hydrogens is 296 g/mol. The molecule has 0 saturated carbocycles. The highest BCUT2D eigenvalue weighted by Gasteiger charge is 2.13. The lowest BCUT2D eigenvalue weighted by molar-refractivity contribution is -0.138. The molecule has 1 aromatic heterocycles. The van der Waals surface area contributed by atoms with E-state index in [-0.39, 0.29) is 12.0 Å². The number of carboxylic acid groups (broad SMARTS) is 1. The summed E-state index contributed by atoms with van der Waals surface area (Å²) in [6.45, 7) is 10.2. The van der Waals surface area contributed by atoms with E-state index in [0.717, 1.165) is 30.2 Å². The van der Waals surface area contributed by atoms with Crippen LogP contribution in [0.25, 0.3) is 0 Å². The monoisotopic (exact) mass is 324 g/mol. The van der Waals surface area contributed by atoms with Crippen molar-refractivity contribution in [2.24, 2.45) is 5.41 Å². The summed E-state index contributed by atoms with van der Waals surface area (Å²) in [6, 6.07) is 4.12. The van der Waals surface area contributed by atoms with E-state index < -0.39 is 5.97 Å². The van der Waals surface area contributed by atoms with Crippen molar-refractivity contribution in [1.29, 1.82) is 0 Å². The van der Waals surface area contributed by atoms with Gasteiger partial charge in [-0.1, -0.05) is 33.8 Å². The standard InChI is InChI=1S/C17H28N2O2S/c1-5-22-9-8-19(13-16(20)21)12-15-7-6-14(11-18-15)10-17(2,3)4/h6-7,11H,5,8-10,12-13H2,1-4H3,(H,20,21). The molecule has 1 N–H and O–H groups in total. The van der Waals surface area contributed by atoms with Gasteiger partial charge in [-0.3, -0.25) is 14.7 Å². The Morgan fingerprint density at radius 1 is 1.36 bits per heavy atom. The van der Waals surface area contributed by atoms with E-state index in [9.17, 15) is 4.79 Å². The number of pyridine rings is 1. The average molecular weight is 324 g/mol. The van der Waals surface area contributed by atoms with Crippen LogP contribution in [0.1, 0.15) is 39.0 Å². The van der Waals surface area contributed by atoms with Crippen molar-refractivity contribution in [3.63, 3.8) is 0 Å². The molecule has 0 aliphatic rings. The summed E-state index contributed by atoms with van der Waals surface area (Å²) in [5, 5.41) is 9.02. The quantitative estimate of drug-likeness (QED) is 0.706. The summed E-state index contributed by atoms with van der Waals surface area (Å²) in [5.41, 5.74) is 2.40. The van der Waals surface area contributed by atoms with Gasteiger partial charge in [-0.2, -0.15) is 11.8 Å². The third-order valence-corrected chi connectivity index (χ3v) is 4.00. The molecule has 124 valence electrons. The van der Waals surface area contributed by atoms with Gasteiger partial charge in [-0.05, 0) is 29.2 Å². The largest absolute Gasteiger partial charge is 0.480 e. The summed E-state index contributed by atoms with van der Waals surface area (Å²) in [5.74, 6) is 1.22. The van der Waals surface area contributed by atoms with Gasteiger partial charge in [-0.25, -0.2) is 0 Å². The second-order valence-corrected chi connectivity index (χ2v) is 8.09. The van der Waals surface area contributed by atoms with Crippen LogP contribution in [0.2, 0.25) is 0 Å². The molecule has 4 nitrogen and oxygen atoms in total. The maximum absolute atomic E-state index is 11.0. The molecule has 0 atom stereocenters. The zero-order valence-corrected chi connectivity index (χ0v) is 14.9. The van der Waals surface area contributed by atoms with Crippen LogP contribution >= 0.6 is 11.8 Å². The van der Waals surface area contributed by atoms with E-state index >= 15 is 0 Å². The molecule has 0 radical (unpaired) electrons. The van der Waals surface area contributed by atoms with E-state index in [0.29, 0.717) is 6.54 Å². The Balaban J connectivity index is 2.61. The van der Waals surface area contributed by atoms with E-state index in [4.69, 9.17) is 5.11 Å². The predicted octanol–water partition coefficient (Wildman–Crippen LogP) is 3.31. The molecule has 0 aliphatic carbocycles. The Hall–Kier alpha value is -1.07. The minimum Gasteiger partial charge on any atom is -0.480 e. The van der Waals surface area contributed by atoms with Gasteiger partial charge in [0.1, 0.15) is 0 Å². The van der Waals surface area contributed by atoms with Crippen molar-refractivity contribution in [1.82, 2.24) is 9.88 Å². The summed E-state index contributed by atoms with van der Waals surface area (Å²) in [6.07, 6.45) is 2.91. The fourth-order valence-electron chi connectivity index (χ4n) is 2.24.